The lowest BCUT2D eigenvalue weighted by Gasteiger charge is -2.17. The zero-order valence-corrected chi connectivity index (χ0v) is 21.8. The number of aliphatic hydroxyl groups excluding tert-OH is 1. The summed E-state index contributed by atoms with van der Waals surface area (Å²) in [7, 11) is -2.18. The molecule has 2 N–H and O–H groups in total. The molecule has 0 saturated carbocycles. The summed E-state index contributed by atoms with van der Waals surface area (Å²) in [6.07, 6.45) is 12.1. The van der Waals surface area contributed by atoms with E-state index in [0.717, 1.165) is 6.42 Å². The van der Waals surface area contributed by atoms with E-state index in [4.69, 9.17) is 14.2 Å². The van der Waals surface area contributed by atoms with Crippen molar-refractivity contribution in [3.05, 3.63) is 71.7 Å². The maximum Gasteiger partial charge on any atom is 0.254 e. The number of rotatable bonds is 16. The average molecular weight is 509 g/mol. The number of ether oxygens (including phenoxy) is 3. The highest BCUT2D eigenvalue weighted by Gasteiger charge is 2.18. The second-order valence-corrected chi connectivity index (χ2v) is 9.33. The first kappa shape index (κ1) is 30.0. The van der Waals surface area contributed by atoms with Gasteiger partial charge in [-0.15, -0.1) is 0 Å². The molecule has 194 valence electrons. The van der Waals surface area contributed by atoms with Crippen molar-refractivity contribution in [1.29, 1.82) is 0 Å². The minimum atomic E-state index is -3.67. The van der Waals surface area contributed by atoms with Crippen molar-refractivity contribution in [2.24, 2.45) is 10.9 Å². The molecule has 0 aliphatic rings. The lowest BCUT2D eigenvalue weighted by molar-refractivity contribution is 0.126. The molecule has 35 heavy (non-hydrogen) atoms. The van der Waals surface area contributed by atoms with Gasteiger partial charge in [-0.2, -0.15) is 0 Å². The van der Waals surface area contributed by atoms with Gasteiger partial charge in [-0.25, -0.2) is 28.1 Å². The van der Waals surface area contributed by atoms with Gasteiger partial charge in [-0.05, 0) is 44.4 Å². The molecule has 0 atom stereocenters. The van der Waals surface area contributed by atoms with E-state index in [9.17, 15) is 13.5 Å². The van der Waals surface area contributed by atoms with Gasteiger partial charge in [0.2, 0.25) is 10.0 Å². The molecule has 0 aliphatic carbocycles. The normalized spacial score (nSPS) is 14.0. The molecular weight excluding hydrogens is 472 g/mol. The smallest absolute Gasteiger partial charge is 0.254 e. The highest BCUT2D eigenvalue weighted by atomic mass is 32.2. The van der Waals surface area contributed by atoms with Gasteiger partial charge in [-0.1, -0.05) is 26.0 Å². The first-order valence-electron chi connectivity index (χ1n) is 11.2. The van der Waals surface area contributed by atoms with Gasteiger partial charge in [-0.3, -0.25) is 0 Å². The number of aliphatic hydroxyl groups is 1. The van der Waals surface area contributed by atoms with Gasteiger partial charge in [0.1, 0.15) is 6.61 Å². The van der Waals surface area contributed by atoms with Crippen molar-refractivity contribution < 1.29 is 27.7 Å². The van der Waals surface area contributed by atoms with Crippen LogP contribution in [0.1, 0.15) is 39.9 Å². The number of allylic oxidation sites excluding steroid dienone is 3. The third-order valence-electron chi connectivity index (χ3n) is 4.21. The Morgan fingerprint density at radius 3 is 2.43 bits per heavy atom. The van der Waals surface area contributed by atoms with Crippen LogP contribution in [-0.4, -0.2) is 62.3 Å². The molecule has 0 aliphatic heterocycles. The van der Waals surface area contributed by atoms with E-state index in [1.165, 1.54) is 13.3 Å². The van der Waals surface area contributed by atoms with E-state index in [1.54, 1.807) is 50.5 Å². The van der Waals surface area contributed by atoms with Gasteiger partial charge >= 0.3 is 0 Å². The predicted molar refractivity (Wildman–Crippen MR) is 136 cm³/mol. The van der Waals surface area contributed by atoms with Crippen LogP contribution < -0.4 is 4.72 Å². The minimum absolute atomic E-state index is 0.0459. The lowest BCUT2D eigenvalue weighted by atomic mass is 10.1. The van der Waals surface area contributed by atoms with Crippen LogP contribution in [0.4, 0.5) is 0 Å². The number of methoxy groups -OCH3 is 1. The molecule has 1 heterocycles. The molecule has 0 spiro atoms. The number of nitrogens with one attached hydrogen (secondary N) is 1. The maximum absolute atomic E-state index is 12.6. The highest BCUT2D eigenvalue weighted by Crippen LogP contribution is 2.20. The monoisotopic (exact) mass is 508 g/mol. The molecule has 0 radical (unpaired) electrons. The van der Waals surface area contributed by atoms with Crippen LogP contribution >= 0.6 is 0 Å². The van der Waals surface area contributed by atoms with Crippen molar-refractivity contribution in [3.63, 3.8) is 0 Å². The van der Waals surface area contributed by atoms with Gasteiger partial charge < -0.3 is 19.3 Å². The Morgan fingerprint density at radius 1 is 1.17 bits per heavy atom. The summed E-state index contributed by atoms with van der Waals surface area (Å²) in [4.78, 5) is 12.4. The zero-order valence-electron chi connectivity index (χ0n) is 21.0. The molecule has 10 nitrogen and oxygen atoms in total. The topological polar surface area (TPSA) is 132 Å². The molecule has 0 unspecified atom stereocenters. The van der Waals surface area contributed by atoms with E-state index >= 15 is 0 Å². The second-order valence-electron chi connectivity index (χ2n) is 7.48. The van der Waals surface area contributed by atoms with Crippen LogP contribution in [0, 0.1) is 5.92 Å². The quantitative estimate of drug-likeness (QED) is 0.151. The van der Waals surface area contributed by atoms with Gasteiger partial charge in [0.05, 0.1) is 32.2 Å². The summed E-state index contributed by atoms with van der Waals surface area (Å²) in [5.74, 6) is 1.34. The Bertz CT molecular complexity index is 1020. The number of hydrogen-bond donors (Lipinski definition) is 2. The number of hydrogen-bond acceptors (Lipinski definition) is 9. The van der Waals surface area contributed by atoms with Crippen LogP contribution in [0.15, 0.2) is 70.9 Å². The summed E-state index contributed by atoms with van der Waals surface area (Å²) >= 11 is 0. The summed E-state index contributed by atoms with van der Waals surface area (Å²) in [5.41, 5.74) is 0. The highest BCUT2D eigenvalue weighted by molar-refractivity contribution is 7.89. The largest absolute Gasteiger partial charge is 0.493 e. The van der Waals surface area contributed by atoms with Crippen molar-refractivity contribution >= 4 is 16.2 Å². The van der Waals surface area contributed by atoms with Crippen LogP contribution in [0.3, 0.4) is 0 Å². The van der Waals surface area contributed by atoms with E-state index in [1.807, 2.05) is 6.08 Å². The summed E-state index contributed by atoms with van der Waals surface area (Å²) in [5, 5.41) is 9.27. The summed E-state index contributed by atoms with van der Waals surface area (Å²) in [6.45, 7) is 6.99. The Morgan fingerprint density at radius 2 is 1.86 bits per heavy atom. The van der Waals surface area contributed by atoms with E-state index in [0.29, 0.717) is 23.3 Å². The second kappa shape index (κ2) is 16.6. The van der Waals surface area contributed by atoms with Gasteiger partial charge in [0.15, 0.2) is 23.1 Å². The van der Waals surface area contributed by atoms with Crippen molar-refractivity contribution in [2.45, 2.75) is 34.1 Å². The number of nitrogens with zero attached hydrogens (tertiary/aromatic N) is 3. The molecule has 0 aromatic carbocycles. The van der Waals surface area contributed by atoms with E-state index in [-0.39, 0.29) is 37.2 Å². The van der Waals surface area contributed by atoms with Crippen LogP contribution in [0.2, 0.25) is 0 Å². The van der Waals surface area contributed by atoms with Gasteiger partial charge in [0, 0.05) is 12.4 Å². The Balaban J connectivity index is 3.30. The molecule has 0 bridgehead atoms. The maximum atomic E-state index is 12.6. The summed E-state index contributed by atoms with van der Waals surface area (Å²) < 4.78 is 44.5. The van der Waals surface area contributed by atoms with E-state index in [2.05, 4.69) is 33.5 Å². The minimum Gasteiger partial charge on any atom is -0.493 e. The Labute approximate surface area is 208 Å². The van der Waals surface area contributed by atoms with Gasteiger partial charge in [0.25, 0.3) is 5.88 Å². The SMILES string of the molecule is C/C=C(OC)\C(=C/C)O/C(CNS(=O)(=O)C/C=C\CC(C)C)=C(/N=C/c1ncccn1)OCCO. The first-order valence-corrected chi connectivity index (χ1v) is 12.9. The third kappa shape index (κ3) is 12.3. The molecule has 11 heteroatoms. The molecule has 0 amide bonds. The molecule has 1 aromatic rings. The standard InChI is InChI=1S/C24H36N4O6S/c1-6-20(32-5)21(7-2)34-22(17-28-35(30,31)16-9-8-11-19(3)4)24(33-15-14-29)27-18-23-25-12-10-13-26-23/h6-10,12-13,18-19,28-29H,11,14-17H2,1-5H3/b9-8-,20-6+,21-7+,24-22-,27-18+. The fourth-order valence-electron chi connectivity index (χ4n) is 2.52. The molecule has 1 rings (SSSR count). The van der Waals surface area contributed by atoms with E-state index < -0.39 is 10.0 Å². The molecule has 0 saturated heterocycles. The predicted octanol–water partition coefficient (Wildman–Crippen LogP) is 3.07. The van der Waals surface area contributed by atoms with Crippen molar-refractivity contribution in [3.8, 4) is 0 Å². The lowest BCUT2D eigenvalue weighted by Crippen LogP contribution is -2.29. The fourth-order valence-corrected chi connectivity index (χ4v) is 3.38. The average Bonchev–Trinajstić information content (AvgIpc) is 2.85. The molecular formula is C24H36N4O6S. The fraction of sp³-hybridized carbons (Fsp3) is 0.458. The van der Waals surface area contributed by atoms with Crippen molar-refractivity contribution in [1.82, 2.24) is 14.7 Å². The molecule has 0 fully saturated rings. The summed E-state index contributed by atoms with van der Waals surface area (Å²) in [6, 6.07) is 1.66. The first-order chi connectivity index (χ1) is 16.8. The van der Waals surface area contributed by atoms with Crippen LogP contribution in [0.5, 0.6) is 0 Å². The Hall–Kier alpha value is -3.02. The number of aromatic nitrogens is 2. The third-order valence-corrected chi connectivity index (χ3v) is 5.43. The zero-order chi connectivity index (χ0) is 26.1. The molecule has 1 aromatic heterocycles. The Kier molecular flexibility index (Phi) is 14.2. The number of aliphatic imine (C=N–C) groups is 1. The van der Waals surface area contributed by atoms with Crippen molar-refractivity contribution in [2.75, 3.05) is 32.6 Å². The number of sulfonamides is 1. The van der Waals surface area contributed by atoms with Crippen LogP contribution in [-0.2, 0) is 24.2 Å². The van der Waals surface area contributed by atoms with Crippen LogP contribution in [0.25, 0.3) is 0 Å².